The molecule has 2 saturated carbocycles. The molecular weight excluding hydrogens is 682 g/mol. The van der Waals surface area contributed by atoms with Gasteiger partial charge < -0.3 is 40.5 Å². The van der Waals surface area contributed by atoms with Crippen molar-refractivity contribution in [2.45, 2.75) is 114 Å². The lowest BCUT2D eigenvalue weighted by molar-refractivity contribution is -0.140. The summed E-state index contributed by atoms with van der Waals surface area (Å²) in [5, 5.41) is 54.1. The summed E-state index contributed by atoms with van der Waals surface area (Å²) in [4.78, 5) is 19.5. The van der Waals surface area contributed by atoms with Crippen molar-refractivity contribution in [3.05, 3.63) is 119 Å². The third kappa shape index (κ3) is 9.92. The third-order valence-electron chi connectivity index (χ3n) is 11.0. The highest BCUT2D eigenvalue weighted by Crippen LogP contribution is 2.50. The van der Waals surface area contributed by atoms with Gasteiger partial charge in [0.05, 0.1) is 12.7 Å². The average Bonchev–Trinajstić information content (AvgIpc) is 4.14. The Kier molecular flexibility index (Phi) is 13.2. The molecule has 10 heteroatoms. The number of nitrogens with zero attached hydrogens (tertiary/aromatic N) is 2. The number of hydrogen-bond acceptors (Lipinski definition) is 9. The second kappa shape index (κ2) is 18.0. The Hall–Kier alpha value is -4.16. The van der Waals surface area contributed by atoms with E-state index in [0.29, 0.717) is 19.1 Å². The molecule has 4 aromatic rings. The maximum absolute atomic E-state index is 13.5. The molecule has 0 spiro atoms. The molecule has 2 fully saturated rings. The maximum Gasteiger partial charge on any atom is 0.222 e. The number of nitrogens with one attached hydrogen (secondary N) is 1. The number of rotatable bonds is 20. The minimum Gasteiger partial charge on any atom is -0.490 e. The molecule has 6 N–H and O–H groups in total. The molecular formula is C44H55N3O7. The van der Waals surface area contributed by atoms with Gasteiger partial charge in [0, 0.05) is 49.6 Å². The molecule has 1 aromatic heterocycles. The van der Waals surface area contributed by atoms with E-state index in [4.69, 9.17) is 9.84 Å². The molecule has 0 aliphatic heterocycles. The number of aryl methyl sites for hydroxylation is 1. The van der Waals surface area contributed by atoms with E-state index in [9.17, 15) is 25.2 Å². The van der Waals surface area contributed by atoms with Crippen LogP contribution in [0.25, 0.3) is 11.1 Å². The topological polar surface area (TPSA) is 156 Å². The molecule has 5 atom stereocenters. The van der Waals surface area contributed by atoms with Gasteiger partial charge in [-0.1, -0.05) is 73.7 Å². The minimum absolute atomic E-state index is 0.156. The summed E-state index contributed by atoms with van der Waals surface area (Å²) in [6.45, 7) is 4.24. The number of carbonyl (C=O) groups excluding carboxylic acids is 1. The van der Waals surface area contributed by atoms with Crippen LogP contribution in [0.15, 0.2) is 91.3 Å². The molecule has 2 aliphatic rings. The monoisotopic (exact) mass is 737 g/mol. The van der Waals surface area contributed by atoms with Gasteiger partial charge in [-0.15, -0.1) is 0 Å². The summed E-state index contributed by atoms with van der Waals surface area (Å²) >= 11 is 0. The molecule has 1 heterocycles. The molecule has 0 radical (unpaired) electrons. The summed E-state index contributed by atoms with van der Waals surface area (Å²) < 4.78 is 6.29. The highest BCUT2D eigenvalue weighted by Gasteiger charge is 2.46. The van der Waals surface area contributed by atoms with Gasteiger partial charge in [-0.2, -0.15) is 0 Å². The fourth-order valence-corrected chi connectivity index (χ4v) is 7.13. The predicted octanol–water partition coefficient (Wildman–Crippen LogP) is 5.12. The number of ether oxygens (including phenoxy) is 1. The highest BCUT2D eigenvalue weighted by atomic mass is 16.5. The number of pyridine rings is 1. The van der Waals surface area contributed by atoms with E-state index in [1.165, 1.54) is 27.2 Å². The number of aliphatic hydroxyl groups is 5. The Morgan fingerprint density at radius 3 is 2.39 bits per heavy atom. The number of amides is 1. The minimum atomic E-state index is -1.76. The molecule has 288 valence electrons. The van der Waals surface area contributed by atoms with E-state index >= 15 is 0 Å². The second-order valence-electron chi connectivity index (χ2n) is 15.2. The van der Waals surface area contributed by atoms with Crippen LogP contribution in [0, 0.1) is 6.92 Å². The first-order valence-electron chi connectivity index (χ1n) is 19.3. The van der Waals surface area contributed by atoms with Crippen molar-refractivity contribution >= 4 is 5.91 Å². The maximum atomic E-state index is 13.5. The fraction of sp³-hybridized carbons (Fsp3) is 0.455. The number of aliphatic hydroxyl groups excluding tert-OH is 5. The number of hydrogen-bond donors (Lipinski definition) is 6. The molecule has 3 aromatic carbocycles. The standard InChI is InChI=1S/C44H55N3O7/c1-29(9-8-14-41(51)47(26-31-10-4-3-5-11-31)27-38(49)42(52)43(53)39(50)28-48)32-16-15-30(2)33(23-32)24-46-44(20-21-44)37-25-45-22-19-35(37)36-12-6-7-13-40(36)54-34-17-18-34/h3-7,10-13,15-16,19,22-23,25,29,34,38-39,42-43,46,48-50,52-53H,8-9,14,17-18,20-21,24,26-28H2,1-2H3/t29?,38-,39+,42+,43+/m0/s1. The molecule has 2 aliphatic carbocycles. The van der Waals surface area contributed by atoms with Crippen LogP contribution in [0.4, 0.5) is 0 Å². The number of carbonyl (C=O) groups is 1. The van der Waals surface area contributed by atoms with Crippen LogP contribution < -0.4 is 10.1 Å². The van der Waals surface area contributed by atoms with Gasteiger partial charge in [-0.3, -0.25) is 9.78 Å². The van der Waals surface area contributed by atoms with Crippen LogP contribution in [-0.2, 0) is 23.4 Å². The van der Waals surface area contributed by atoms with Crippen LogP contribution in [0.3, 0.4) is 0 Å². The van der Waals surface area contributed by atoms with Gasteiger partial charge in [0.2, 0.25) is 5.91 Å². The zero-order valence-electron chi connectivity index (χ0n) is 31.3. The first-order valence-corrected chi connectivity index (χ1v) is 19.3. The molecule has 54 heavy (non-hydrogen) atoms. The van der Waals surface area contributed by atoms with E-state index < -0.39 is 31.0 Å². The van der Waals surface area contributed by atoms with Crippen molar-refractivity contribution in [2.75, 3.05) is 13.2 Å². The Labute approximate surface area is 318 Å². The van der Waals surface area contributed by atoms with Crippen LogP contribution in [0.2, 0.25) is 0 Å². The first-order chi connectivity index (χ1) is 26.1. The van der Waals surface area contributed by atoms with E-state index in [0.717, 1.165) is 54.5 Å². The van der Waals surface area contributed by atoms with Crippen molar-refractivity contribution in [3.63, 3.8) is 0 Å². The SMILES string of the molecule is Cc1ccc(C(C)CCCC(=O)N(Cc2ccccc2)C[C@H](O)[C@@H](O)[C@H](O)[C@H](O)CO)cc1CNC1(c2cnccc2-c2ccccc2OC2CC2)CC1. The third-order valence-corrected chi connectivity index (χ3v) is 11.0. The largest absolute Gasteiger partial charge is 0.490 e. The van der Waals surface area contributed by atoms with E-state index in [-0.39, 0.29) is 36.9 Å². The van der Waals surface area contributed by atoms with Gasteiger partial charge in [0.1, 0.15) is 30.2 Å². The van der Waals surface area contributed by atoms with E-state index in [1.54, 1.807) is 0 Å². The average molecular weight is 738 g/mol. The lowest BCUT2D eigenvalue weighted by atomic mass is 9.91. The lowest BCUT2D eigenvalue weighted by Crippen LogP contribution is -2.50. The van der Waals surface area contributed by atoms with Crippen molar-refractivity contribution < 1.29 is 35.1 Å². The Morgan fingerprint density at radius 2 is 1.67 bits per heavy atom. The van der Waals surface area contributed by atoms with Gasteiger partial charge in [0.25, 0.3) is 0 Å². The second-order valence-corrected chi connectivity index (χ2v) is 15.2. The van der Waals surface area contributed by atoms with Crippen LogP contribution in [-0.4, -0.2) is 85.0 Å². The zero-order chi connectivity index (χ0) is 38.2. The zero-order valence-corrected chi connectivity index (χ0v) is 31.3. The summed E-state index contributed by atoms with van der Waals surface area (Å²) in [6.07, 6.45) is 3.45. The Morgan fingerprint density at radius 1 is 0.944 bits per heavy atom. The van der Waals surface area contributed by atoms with Crippen LogP contribution in [0.5, 0.6) is 5.75 Å². The van der Waals surface area contributed by atoms with Crippen molar-refractivity contribution in [1.82, 2.24) is 15.2 Å². The van der Waals surface area contributed by atoms with Crippen molar-refractivity contribution in [2.24, 2.45) is 0 Å². The summed E-state index contributed by atoms with van der Waals surface area (Å²) in [6, 6.07) is 26.4. The molecule has 1 unspecified atom stereocenters. The van der Waals surface area contributed by atoms with E-state index in [1.807, 2.05) is 48.8 Å². The van der Waals surface area contributed by atoms with Gasteiger partial charge in [-0.25, -0.2) is 0 Å². The molecule has 10 nitrogen and oxygen atoms in total. The van der Waals surface area contributed by atoms with Crippen molar-refractivity contribution in [3.8, 4) is 16.9 Å². The van der Waals surface area contributed by atoms with Gasteiger partial charge in [-0.05, 0) is 96.9 Å². The number of benzene rings is 3. The Balaban J connectivity index is 1.07. The summed E-state index contributed by atoms with van der Waals surface area (Å²) in [5.41, 5.74) is 7.83. The molecule has 6 rings (SSSR count). The highest BCUT2D eigenvalue weighted by molar-refractivity contribution is 5.76. The van der Waals surface area contributed by atoms with E-state index in [2.05, 4.69) is 66.6 Å². The van der Waals surface area contributed by atoms with Crippen molar-refractivity contribution in [1.29, 1.82) is 0 Å². The molecule has 0 bridgehead atoms. The number of aromatic nitrogens is 1. The van der Waals surface area contributed by atoms with Gasteiger partial charge >= 0.3 is 0 Å². The number of para-hydroxylation sites is 1. The first kappa shape index (κ1) is 39.5. The van der Waals surface area contributed by atoms with Crippen LogP contribution in [0.1, 0.15) is 85.6 Å². The lowest BCUT2D eigenvalue weighted by Gasteiger charge is -2.30. The van der Waals surface area contributed by atoms with Gasteiger partial charge in [0.15, 0.2) is 0 Å². The fourth-order valence-electron chi connectivity index (χ4n) is 7.13. The quantitative estimate of drug-likeness (QED) is 0.0726. The predicted molar refractivity (Wildman–Crippen MR) is 207 cm³/mol. The Bertz CT molecular complexity index is 1830. The molecule has 1 amide bonds. The molecule has 0 saturated heterocycles. The summed E-state index contributed by atoms with van der Waals surface area (Å²) in [7, 11) is 0. The normalized spacial score (nSPS) is 17.6. The van der Waals surface area contributed by atoms with Crippen LogP contribution >= 0.6 is 0 Å². The summed E-state index contributed by atoms with van der Waals surface area (Å²) in [5.74, 6) is 0.942. The smallest absolute Gasteiger partial charge is 0.222 e.